The van der Waals surface area contributed by atoms with Gasteiger partial charge < -0.3 is 13.9 Å². The van der Waals surface area contributed by atoms with Crippen molar-refractivity contribution in [1.29, 1.82) is 0 Å². The summed E-state index contributed by atoms with van der Waals surface area (Å²) in [5, 5.41) is 8.07. The van der Waals surface area contributed by atoms with Crippen LogP contribution < -0.4 is 0 Å². The highest BCUT2D eigenvalue weighted by atomic mass is 16.5. The summed E-state index contributed by atoms with van der Waals surface area (Å²) in [6.07, 6.45) is 0. The first-order valence-electron chi connectivity index (χ1n) is 8.51. The van der Waals surface area contributed by atoms with Gasteiger partial charge >= 0.3 is 11.9 Å². The molecule has 1 heterocycles. The Morgan fingerprint density at radius 1 is 0.815 bits per heavy atom. The van der Waals surface area contributed by atoms with Crippen molar-refractivity contribution in [2.24, 2.45) is 0 Å². The van der Waals surface area contributed by atoms with Gasteiger partial charge in [-0.3, -0.25) is 0 Å². The number of carbonyl (C=O) groups is 2. The van der Waals surface area contributed by atoms with Gasteiger partial charge in [-0.25, -0.2) is 9.59 Å². The average molecular weight is 366 g/mol. The lowest BCUT2D eigenvalue weighted by Crippen LogP contribution is -2.04. The van der Waals surface area contributed by atoms with Gasteiger partial charge in [0.2, 0.25) is 11.8 Å². The highest BCUT2D eigenvalue weighted by Gasteiger charge is 2.15. The van der Waals surface area contributed by atoms with Crippen LogP contribution in [0.5, 0.6) is 0 Å². The summed E-state index contributed by atoms with van der Waals surface area (Å²) >= 11 is 0. The molecule has 3 rings (SSSR count). The first-order chi connectivity index (χ1) is 13.1. The Bertz CT molecular complexity index is 888. The third kappa shape index (κ3) is 4.20. The van der Waals surface area contributed by atoms with Gasteiger partial charge in [-0.15, -0.1) is 10.2 Å². The molecule has 7 nitrogen and oxygen atoms in total. The van der Waals surface area contributed by atoms with Gasteiger partial charge in [0.1, 0.15) is 0 Å². The van der Waals surface area contributed by atoms with Crippen LogP contribution in [0.1, 0.15) is 34.6 Å². The minimum atomic E-state index is -0.416. The zero-order valence-electron chi connectivity index (χ0n) is 15.0. The molecular formula is C20H18N2O5. The summed E-state index contributed by atoms with van der Waals surface area (Å²) in [7, 11) is 0. The van der Waals surface area contributed by atoms with Crippen LogP contribution in [-0.2, 0) is 9.47 Å². The molecule has 0 bridgehead atoms. The van der Waals surface area contributed by atoms with Crippen LogP contribution in [0, 0.1) is 0 Å². The maximum absolute atomic E-state index is 11.9. The molecule has 0 aliphatic rings. The normalized spacial score (nSPS) is 10.4. The molecule has 27 heavy (non-hydrogen) atoms. The molecule has 2 aromatic carbocycles. The Balaban J connectivity index is 1.87. The van der Waals surface area contributed by atoms with Crippen LogP contribution in [-0.4, -0.2) is 35.3 Å². The van der Waals surface area contributed by atoms with Crippen LogP contribution in [0.3, 0.4) is 0 Å². The Morgan fingerprint density at radius 3 is 1.67 bits per heavy atom. The van der Waals surface area contributed by atoms with Crippen molar-refractivity contribution < 1.29 is 23.5 Å². The number of rotatable bonds is 6. The van der Waals surface area contributed by atoms with E-state index in [0.717, 1.165) is 0 Å². The summed E-state index contributed by atoms with van der Waals surface area (Å²) in [5.74, 6) is -0.308. The SMILES string of the molecule is CCOC(=O)c1cccc(-c2nnc(-c3cccc(C(=O)OCC)c3)o2)c1. The van der Waals surface area contributed by atoms with E-state index in [1.165, 1.54) is 0 Å². The fourth-order valence-electron chi connectivity index (χ4n) is 2.44. The van der Waals surface area contributed by atoms with E-state index < -0.39 is 11.9 Å². The maximum atomic E-state index is 11.9. The van der Waals surface area contributed by atoms with Crippen LogP contribution >= 0.6 is 0 Å². The molecular weight excluding hydrogens is 348 g/mol. The highest BCUT2D eigenvalue weighted by Crippen LogP contribution is 2.25. The number of ether oxygens (including phenoxy) is 2. The Labute approximate surface area is 155 Å². The van der Waals surface area contributed by atoms with E-state index in [9.17, 15) is 9.59 Å². The number of esters is 2. The van der Waals surface area contributed by atoms with Crippen LogP contribution in [0.4, 0.5) is 0 Å². The van der Waals surface area contributed by atoms with E-state index in [1.54, 1.807) is 62.4 Å². The zero-order valence-corrected chi connectivity index (χ0v) is 15.0. The van der Waals surface area contributed by atoms with Crippen molar-refractivity contribution in [1.82, 2.24) is 10.2 Å². The van der Waals surface area contributed by atoms with Crippen LogP contribution in [0.25, 0.3) is 22.9 Å². The van der Waals surface area contributed by atoms with E-state index in [4.69, 9.17) is 13.9 Å². The summed E-state index contributed by atoms with van der Waals surface area (Å²) in [5.41, 5.74) is 2.00. The summed E-state index contributed by atoms with van der Waals surface area (Å²) in [6.45, 7) is 4.09. The molecule has 0 spiro atoms. The number of hydrogen-bond donors (Lipinski definition) is 0. The first-order valence-corrected chi connectivity index (χ1v) is 8.51. The molecule has 0 saturated carbocycles. The average Bonchev–Trinajstić information content (AvgIpc) is 3.19. The van der Waals surface area contributed by atoms with Gasteiger partial charge in [0, 0.05) is 11.1 Å². The molecule has 0 unspecified atom stereocenters. The van der Waals surface area contributed by atoms with Gasteiger partial charge in [0.05, 0.1) is 24.3 Å². The fraction of sp³-hybridized carbons (Fsp3) is 0.200. The summed E-state index contributed by atoms with van der Waals surface area (Å²) < 4.78 is 15.7. The molecule has 0 saturated heterocycles. The summed E-state index contributed by atoms with van der Waals surface area (Å²) in [6, 6.07) is 13.5. The smallest absolute Gasteiger partial charge is 0.338 e. The third-order valence-electron chi connectivity index (χ3n) is 3.67. The lowest BCUT2D eigenvalue weighted by molar-refractivity contribution is 0.0517. The quantitative estimate of drug-likeness (QED) is 0.613. The Kier molecular flexibility index (Phi) is 5.61. The van der Waals surface area contributed by atoms with Gasteiger partial charge in [-0.2, -0.15) is 0 Å². The fourth-order valence-corrected chi connectivity index (χ4v) is 2.44. The van der Waals surface area contributed by atoms with Gasteiger partial charge in [-0.1, -0.05) is 12.1 Å². The molecule has 1 aromatic heterocycles. The Hall–Kier alpha value is -3.48. The number of nitrogens with zero attached hydrogens (tertiary/aromatic N) is 2. The molecule has 0 amide bonds. The largest absolute Gasteiger partial charge is 0.462 e. The van der Waals surface area contributed by atoms with Gasteiger partial charge in [-0.05, 0) is 50.2 Å². The molecule has 0 radical (unpaired) electrons. The van der Waals surface area contributed by atoms with Crippen LogP contribution in [0.15, 0.2) is 52.9 Å². The number of carbonyl (C=O) groups excluding carboxylic acids is 2. The maximum Gasteiger partial charge on any atom is 0.338 e. The second-order valence-corrected chi connectivity index (χ2v) is 5.51. The van der Waals surface area contributed by atoms with E-state index in [2.05, 4.69) is 10.2 Å². The highest BCUT2D eigenvalue weighted by molar-refractivity contribution is 5.91. The standard InChI is InChI=1S/C20H18N2O5/c1-3-25-19(23)15-9-5-7-13(11-15)17-21-22-18(27-17)14-8-6-10-16(12-14)20(24)26-4-2/h5-12H,3-4H2,1-2H3. The van der Waals surface area contributed by atoms with E-state index >= 15 is 0 Å². The van der Waals surface area contributed by atoms with Crippen molar-refractivity contribution >= 4 is 11.9 Å². The van der Waals surface area contributed by atoms with E-state index in [-0.39, 0.29) is 11.8 Å². The zero-order chi connectivity index (χ0) is 19.2. The van der Waals surface area contributed by atoms with Crippen molar-refractivity contribution in [3.63, 3.8) is 0 Å². The predicted molar refractivity (Wildman–Crippen MR) is 97.1 cm³/mol. The molecule has 138 valence electrons. The number of hydrogen-bond acceptors (Lipinski definition) is 7. The monoisotopic (exact) mass is 366 g/mol. The van der Waals surface area contributed by atoms with Crippen molar-refractivity contribution in [3.05, 3.63) is 59.7 Å². The minimum Gasteiger partial charge on any atom is -0.462 e. The summed E-state index contributed by atoms with van der Waals surface area (Å²) in [4.78, 5) is 23.8. The van der Waals surface area contributed by atoms with Gasteiger partial charge in [0.15, 0.2) is 0 Å². The number of benzene rings is 2. The van der Waals surface area contributed by atoms with E-state index in [0.29, 0.717) is 35.5 Å². The number of aromatic nitrogens is 2. The molecule has 0 fully saturated rings. The van der Waals surface area contributed by atoms with E-state index in [1.807, 2.05) is 0 Å². The van der Waals surface area contributed by atoms with Crippen molar-refractivity contribution in [2.45, 2.75) is 13.8 Å². The second kappa shape index (κ2) is 8.27. The van der Waals surface area contributed by atoms with Gasteiger partial charge in [0.25, 0.3) is 0 Å². The van der Waals surface area contributed by atoms with Crippen molar-refractivity contribution in [2.75, 3.05) is 13.2 Å². The topological polar surface area (TPSA) is 91.5 Å². The van der Waals surface area contributed by atoms with Crippen LogP contribution in [0.2, 0.25) is 0 Å². The molecule has 0 aliphatic heterocycles. The lowest BCUT2D eigenvalue weighted by atomic mass is 10.1. The van der Waals surface area contributed by atoms with Crippen molar-refractivity contribution in [3.8, 4) is 22.9 Å². The predicted octanol–water partition coefficient (Wildman–Crippen LogP) is 3.76. The first kappa shape index (κ1) is 18.3. The molecule has 0 N–H and O–H groups in total. The molecule has 3 aromatic rings. The minimum absolute atomic E-state index is 0.262. The lowest BCUT2D eigenvalue weighted by Gasteiger charge is -2.03. The Morgan fingerprint density at radius 2 is 1.26 bits per heavy atom. The molecule has 7 heteroatoms. The molecule has 0 aliphatic carbocycles. The second-order valence-electron chi connectivity index (χ2n) is 5.51. The molecule has 0 atom stereocenters. The third-order valence-corrected chi connectivity index (χ3v) is 3.67.